The highest BCUT2D eigenvalue weighted by Crippen LogP contribution is 2.05. The van der Waals surface area contributed by atoms with E-state index in [0.717, 1.165) is 17.8 Å². The zero-order chi connectivity index (χ0) is 8.27. The first-order valence-corrected chi connectivity index (χ1v) is 3.91. The summed E-state index contributed by atoms with van der Waals surface area (Å²) in [6, 6.07) is 0.336. The minimum absolute atomic E-state index is 0.336. The maximum atomic E-state index is 4.42. The highest BCUT2D eigenvalue weighted by Gasteiger charge is 2.06. The summed E-state index contributed by atoms with van der Waals surface area (Å²) in [6.45, 7) is 7.90. The van der Waals surface area contributed by atoms with Gasteiger partial charge >= 0.3 is 0 Å². The molecule has 0 fully saturated rings. The number of hydrogen-bond acceptors (Lipinski definition) is 2. The van der Waals surface area contributed by atoms with Gasteiger partial charge in [0.2, 0.25) is 0 Å². The number of rotatable bonds is 2. The fourth-order valence-corrected chi connectivity index (χ4v) is 0.945. The first kappa shape index (κ1) is 8.05. The van der Waals surface area contributed by atoms with Crippen LogP contribution in [0.25, 0.3) is 0 Å². The lowest BCUT2D eigenvalue weighted by Gasteiger charge is -2.14. The zero-order valence-electron chi connectivity index (χ0n) is 7.09. The van der Waals surface area contributed by atoms with Gasteiger partial charge in [-0.2, -0.15) is 0 Å². The average Bonchev–Trinajstić information content (AvgIpc) is 2.05. The summed E-state index contributed by atoms with van der Waals surface area (Å²) < 4.78 is 0. The number of nitrogens with one attached hydrogen (secondary N) is 1. The molecule has 1 aliphatic heterocycles. The van der Waals surface area contributed by atoms with E-state index in [9.17, 15) is 0 Å². The van der Waals surface area contributed by atoms with Crippen molar-refractivity contribution in [2.45, 2.75) is 26.3 Å². The molecule has 0 saturated heterocycles. The van der Waals surface area contributed by atoms with Gasteiger partial charge in [-0.3, -0.25) is 4.99 Å². The monoisotopic (exact) mass is 150 g/mol. The van der Waals surface area contributed by atoms with Crippen LogP contribution in [0, 0.1) is 0 Å². The van der Waals surface area contributed by atoms with Crippen LogP contribution in [0.5, 0.6) is 0 Å². The first-order valence-electron chi connectivity index (χ1n) is 3.91. The topological polar surface area (TPSA) is 24.4 Å². The number of hydrogen-bond donors (Lipinski definition) is 1. The predicted molar refractivity (Wildman–Crippen MR) is 48.6 cm³/mol. The molecule has 1 atom stereocenters. The molecule has 0 saturated carbocycles. The summed E-state index contributed by atoms with van der Waals surface area (Å²) in [5.41, 5.74) is 0.993. The highest BCUT2D eigenvalue weighted by molar-refractivity contribution is 5.98. The molecule has 2 heteroatoms. The molecule has 0 aromatic rings. The van der Waals surface area contributed by atoms with Gasteiger partial charge in [0.05, 0.1) is 6.04 Å². The Morgan fingerprint density at radius 2 is 2.55 bits per heavy atom. The van der Waals surface area contributed by atoms with Crippen molar-refractivity contribution in [3.8, 4) is 0 Å². The first-order chi connectivity index (χ1) is 5.24. The Kier molecular flexibility index (Phi) is 2.47. The fourth-order valence-electron chi connectivity index (χ4n) is 0.945. The Morgan fingerprint density at radius 3 is 3.09 bits per heavy atom. The molecule has 0 aliphatic carbocycles. The molecule has 0 aromatic heterocycles. The molecular weight excluding hydrogens is 136 g/mol. The van der Waals surface area contributed by atoms with Gasteiger partial charge in [-0.15, -0.1) is 0 Å². The van der Waals surface area contributed by atoms with E-state index >= 15 is 0 Å². The van der Waals surface area contributed by atoms with Gasteiger partial charge < -0.3 is 5.32 Å². The number of nitrogens with zero attached hydrogens (tertiary/aromatic N) is 1. The third-order valence-electron chi connectivity index (χ3n) is 1.66. The summed E-state index contributed by atoms with van der Waals surface area (Å²) in [5, 5.41) is 3.05. The molecule has 1 rings (SSSR count). The minimum atomic E-state index is 0.336. The van der Waals surface area contributed by atoms with E-state index in [1.54, 1.807) is 0 Å². The second kappa shape index (κ2) is 3.37. The van der Waals surface area contributed by atoms with Crippen LogP contribution in [0.15, 0.2) is 29.4 Å². The van der Waals surface area contributed by atoms with Gasteiger partial charge in [0.15, 0.2) is 0 Å². The molecule has 1 aliphatic rings. The van der Waals surface area contributed by atoms with Crippen LogP contribution in [0.2, 0.25) is 0 Å². The molecule has 1 N–H and O–H groups in total. The molecule has 0 amide bonds. The molecule has 0 radical (unpaired) electrons. The molecule has 2 nitrogen and oxygen atoms in total. The predicted octanol–water partition coefficient (Wildman–Crippen LogP) is 1.86. The smallest absolute Gasteiger partial charge is 0.127 e. The van der Waals surface area contributed by atoms with Crippen LogP contribution in [0.3, 0.4) is 0 Å². The zero-order valence-corrected chi connectivity index (χ0v) is 7.09. The van der Waals surface area contributed by atoms with Gasteiger partial charge in [0.25, 0.3) is 0 Å². The van der Waals surface area contributed by atoms with E-state index in [4.69, 9.17) is 0 Å². The maximum absolute atomic E-state index is 4.42. The minimum Gasteiger partial charge on any atom is -0.347 e. The summed E-state index contributed by atoms with van der Waals surface area (Å²) >= 11 is 0. The van der Waals surface area contributed by atoms with Gasteiger partial charge in [0, 0.05) is 6.20 Å². The van der Waals surface area contributed by atoms with E-state index in [1.165, 1.54) is 0 Å². The lowest BCUT2D eigenvalue weighted by atomic mass is 10.2. The fraction of sp³-hybridized carbons (Fsp3) is 0.444. The Balaban J connectivity index is 2.69. The highest BCUT2D eigenvalue weighted by atomic mass is 15.0. The molecule has 0 bridgehead atoms. The number of amidine groups is 1. The van der Waals surface area contributed by atoms with Gasteiger partial charge in [0.1, 0.15) is 5.84 Å². The van der Waals surface area contributed by atoms with Crippen molar-refractivity contribution >= 4 is 5.84 Å². The van der Waals surface area contributed by atoms with E-state index in [-0.39, 0.29) is 0 Å². The summed E-state index contributed by atoms with van der Waals surface area (Å²) in [6.07, 6.45) is 5.05. The van der Waals surface area contributed by atoms with Crippen LogP contribution >= 0.6 is 0 Å². The van der Waals surface area contributed by atoms with Crippen molar-refractivity contribution in [3.05, 3.63) is 24.4 Å². The molecule has 60 valence electrons. The quantitative estimate of drug-likeness (QED) is 0.638. The van der Waals surface area contributed by atoms with Gasteiger partial charge in [-0.05, 0) is 25.0 Å². The van der Waals surface area contributed by atoms with Crippen LogP contribution in [0.1, 0.15) is 20.3 Å². The normalized spacial score (nSPS) is 22.4. The van der Waals surface area contributed by atoms with Crippen molar-refractivity contribution < 1.29 is 0 Å². The maximum Gasteiger partial charge on any atom is 0.127 e. The van der Waals surface area contributed by atoms with Crippen LogP contribution in [-0.2, 0) is 0 Å². The Morgan fingerprint density at radius 1 is 1.82 bits per heavy atom. The van der Waals surface area contributed by atoms with Crippen LogP contribution in [0.4, 0.5) is 0 Å². The molecule has 11 heavy (non-hydrogen) atoms. The van der Waals surface area contributed by atoms with Crippen molar-refractivity contribution in [1.29, 1.82) is 0 Å². The van der Waals surface area contributed by atoms with Gasteiger partial charge in [-0.25, -0.2) is 0 Å². The summed E-state index contributed by atoms with van der Waals surface area (Å²) in [5.74, 6) is 0.916. The van der Waals surface area contributed by atoms with Crippen LogP contribution in [-0.4, -0.2) is 11.9 Å². The van der Waals surface area contributed by atoms with E-state index in [1.807, 2.05) is 13.1 Å². The Bertz CT molecular complexity index is 214. The second-order valence-electron chi connectivity index (χ2n) is 2.74. The van der Waals surface area contributed by atoms with Gasteiger partial charge in [-0.1, -0.05) is 13.5 Å². The number of aliphatic imine (C=N–C) groups is 1. The molecule has 0 aromatic carbocycles. The standard InChI is InChI=1S/C9H14N2/c1-4-8-5-6-10-9(11-8)7(2)3/h5-6,8H,2,4H2,1,3H3,(H,10,11). The van der Waals surface area contributed by atoms with E-state index in [0.29, 0.717) is 6.04 Å². The van der Waals surface area contributed by atoms with E-state index < -0.39 is 0 Å². The summed E-state index contributed by atoms with van der Waals surface area (Å²) in [7, 11) is 0. The molecule has 1 unspecified atom stereocenters. The van der Waals surface area contributed by atoms with Crippen LogP contribution < -0.4 is 5.32 Å². The third-order valence-corrected chi connectivity index (χ3v) is 1.66. The van der Waals surface area contributed by atoms with E-state index in [2.05, 4.69) is 29.9 Å². The lowest BCUT2D eigenvalue weighted by Crippen LogP contribution is -2.24. The Hall–Kier alpha value is -1.05. The second-order valence-corrected chi connectivity index (χ2v) is 2.74. The molecular formula is C9H14N2. The largest absolute Gasteiger partial charge is 0.347 e. The summed E-state index contributed by atoms with van der Waals surface area (Å²) in [4.78, 5) is 4.42. The van der Waals surface area contributed by atoms with Crippen molar-refractivity contribution in [3.63, 3.8) is 0 Å². The Labute approximate surface area is 67.7 Å². The molecule has 0 spiro atoms. The SMILES string of the molecule is C=C(C)C1=NC(CC)C=CN1. The lowest BCUT2D eigenvalue weighted by molar-refractivity contribution is 0.764. The third kappa shape index (κ3) is 1.93. The average molecular weight is 150 g/mol. The van der Waals surface area contributed by atoms with Crippen molar-refractivity contribution in [2.75, 3.05) is 0 Å². The molecule has 1 heterocycles. The van der Waals surface area contributed by atoms with Crippen molar-refractivity contribution in [1.82, 2.24) is 5.32 Å². The van der Waals surface area contributed by atoms with Crippen molar-refractivity contribution in [2.24, 2.45) is 4.99 Å².